The maximum absolute atomic E-state index is 13.1. The van der Waals surface area contributed by atoms with E-state index >= 15 is 0 Å². The molecule has 3 atom stereocenters. The third kappa shape index (κ3) is 3.60. The zero-order chi connectivity index (χ0) is 23.0. The Bertz CT molecular complexity index is 964. The number of nitrogens with two attached hydrogens (primary N) is 1. The zero-order valence-electron chi connectivity index (χ0n) is 18.2. The van der Waals surface area contributed by atoms with Crippen LogP contribution in [0, 0.1) is 11.3 Å². The van der Waals surface area contributed by atoms with Crippen LogP contribution in [-0.2, 0) is 24.0 Å². The second-order valence-corrected chi connectivity index (χ2v) is 8.82. The summed E-state index contributed by atoms with van der Waals surface area (Å²) in [6, 6.07) is 9.70. The van der Waals surface area contributed by atoms with Gasteiger partial charge in [-0.05, 0) is 31.9 Å². The molecule has 1 aromatic rings. The molecule has 4 rings (SSSR count). The van der Waals surface area contributed by atoms with E-state index in [0.29, 0.717) is 25.9 Å². The van der Waals surface area contributed by atoms with Crippen molar-refractivity contribution in [1.29, 1.82) is 0 Å². The van der Waals surface area contributed by atoms with Gasteiger partial charge in [0.15, 0.2) is 0 Å². The highest BCUT2D eigenvalue weighted by atomic mass is 16.2. The van der Waals surface area contributed by atoms with Crippen LogP contribution in [0.4, 0.5) is 0 Å². The van der Waals surface area contributed by atoms with Crippen molar-refractivity contribution in [3.8, 4) is 0 Å². The van der Waals surface area contributed by atoms with Crippen molar-refractivity contribution < 1.29 is 24.0 Å². The molecule has 3 aliphatic heterocycles. The number of nitrogens with zero attached hydrogens (tertiary/aromatic N) is 3. The topological polar surface area (TPSA) is 121 Å². The molecule has 3 fully saturated rings. The molecule has 9 nitrogen and oxygen atoms in total. The van der Waals surface area contributed by atoms with Crippen LogP contribution in [0.25, 0.3) is 0 Å². The molecule has 3 saturated heterocycles. The third-order valence-corrected chi connectivity index (χ3v) is 7.04. The van der Waals surface area contributed by atoms with Gasteiger partial charge in [-0.2, -0.15) is 0 Å². The van der Waals surface area contributed by atoms with Gasteiger partial charge >= 0.3 is 0 Å². The summed E-state index contributed by atoms with van der Waals surface area (Å²) < 4.78 is 0. The largest absolute Gasteiger partial charge is 0.369 e. The number of carbonyl (C=O) groups excluding carboxylic acids is 5. The third-order valence-electron chi connectivity index (χ3n) is 7.04. The van der Waals surface area contributed by atoms with Crippen LogP contribution in [0.2, 0.25) is 0 Å². The van der Waals surface area contributed by atoms with E-state index in [4.69, 9.17) is 5.73 Å². The number of piperidine rings is 1. The van der Waals surface area contributed by atoms with Gasteiger partial charge in [-0.1, -0.05) is 30.3 Å². The summed E-state index contributed by atoms with van der Waals surface area (Å²) in [5, 5.41) is 0. The van der Waals surface area contributed by atoms with Gasteiger partial charge in [-0.3, -0.25) is 38.7 Å². The maximum Gasteiger partial charge on any atom is 0.246 e. The first-order valence-electron chi connectivity index (χ1n) is 11.1. The standard InChI is InChI=1S/C23H28N4O5/c1-2-26-18(28)13-23(21(26)31)14-19(29)27(22(23)32)11-10-25-9-8-16(20(24)30)12-17(25)15-6-4-3-5-7-15/h3-7,16-17H,2,8-14H2,1H3,(H2,24,30). The van der Waals surface area contributed by atoms with Crippen LogP contribution in [0.15, 0.2) is 30.3 Å². The van der Waals surface area contributed by atoms with E-state index in [1.165, 1.54) is 0 Å². The molecule has 0 radical (unpaired) electrons. The molecule has 3 heterocycles. The maximum atomic E-state index is 13.1. The average molecular weight is 441 g/mol. The summed E-state index contributed by atoms with van der Waals surface area (Å²) in [6.07, 6.45) is 0.697. The fourth-order valence-corrected chi connectivity index (χ4v) is 5.24. The molecule has 3 aliphatic rings. The highest BCUT2D eigenvalue weighted by Gasteiger charge is 2.63. The van der Waals surface area contributed by atoms with Gasteiger partial charge in [0, 0.05) is 31.6 Å². The SMILES string of the molecule is CCN1C(=O)CC2(CC(=O)N(CCN3CCC(C(N)=O)CC3c3ccccc3)C2=O)C1=O. The molecule has 3 unspecified atom stereocenters. The van der Waals surface area contributed by atoms with Gasteiger partial charge in [-0.15, -0.1) is 0 Å². The van der Waals surface area contributed by atoms with E-state index in [-0.39, 0.29) is 43.8 Å². The molecular weight excluding hydrogens is 412 g/mol. The summed E-state index contributed by atoms with van der Waals surface area (Å²) in [4.78, 5) is 67.0. The molecule has 170 valence electrons. The molecule has 1 spiro atoms. The highest BCUT2D eigenvalue weighted by Crippen LogP contribution is 2.43. The molecule has 5 amide bonds. The molecule has 9 heteroatoms. The lowest BCUT2D eigenvalue weighted by atomic mass is 9.84. The summed E-state index contributed by atoms with van der Waals surface area (Å²) >= 11 is 0. The number of rotatable bonds is 6. The number of carbonyl (C=O) groups is 5. The van der Waals surface area contributed by atoms with Gasteiger partial charge < -0.3 is 5.73 Å². The lowest BCUT2D eigenvalue weighted by molar-refractivity contribution is -0.147. The van der Waals surface area contributed by atoms with Crippen LogP contribution >= 0.6 is 0 Å². The van der Waals surface area contributed by atoms with Gasteiger partial charge in [0.1, 0.15) is 5.41 Å². The van der Waals surface area contributed by atoms with E-state index in [1.54, 1.807) is 6.92 Å². The summed E-state index contributed by atoms with van der Waals surface area (Å²) in [5.74, 6) is -2.50. The normalized spacial score (nSPS) is 28.9. The van der Waals surface area contributed by atoms with Crippen molar-refractivity contribution in [3.63, 3.8) is 0 Å². The molecule has 0 bridgehead atoms. The lowest BCUT2D eigenvalue weighted by Crippen LogP contribution is -2.46. The Morgan fingerprint density at radius 1 is 1.00 bits per heavy atom. The molecule has 0 aliphatic carbocycles. The number of imide groups is 2. The Morgan fingerprint density at radius 3 is 2.22 bits per heavy atom. The number of hydrogen-bond acceptors (Lipinski definition) is 6. The minimum atomic E-state index is -1.57. The van der Waals surface area contributed by atoms with E-state index in [2.05, 4.69) is 4.90 Å². The first kappa shape index (κ1) is 22.1. The summed E-state index contributed by atoms with van der Waals surface area (Å²) in [6.45, 7) is 3.02. The minimum absolute atomic E-state index is 0.0607. The number of benzene rings is 1. The second kappa shape index (κ2) is 8.46. The van der Waals surface area contributed by atoms with E-state index < -0.39 is 29.0 Å². The Balaban J connectivity index is 1.49. The van der Waals surface area contributed by atoms with Crippen molar-refractivity contribution in [1.82, 2.24) is 14.7 Å². The molecule has 0 saturated carbocycles. The number of amides is 5. The van der Waals surface area contributed by atoms with Crippen molar-refractivity contribution in [2.45, 2.75) is 38.6 Å². The second-order valence-electron chi connectivity index (χ2n) is 8.82. The Kier molecular flexibility index (Phi) is 5.85. The van der Waals surface area contributed by atoms with E-state index in [0.717, 1.165) is 15.4 Å². The van der Waals surface area contributed by atoms with Crippen LogP contribution in [0.5, 0.6) is 0 Å². The molecule has 2 N–H and O–H groups in total. The quantitative estimate of drug-likeness (QED) is 0.506. The lowest BCUT2D eigenvalue weighted by Gasteiger charge is -2.39. The van der Waals surface area contributed by atoms with Crippen LogP contribution in [0.1, 0.15) is 44.2 Å². The van der Waals surface area contributed by atoms with Crippen LogP contribution < -0.4 is 5.73 Å². The zero-order valence-corrected chi connectivity index (χ0v) is 18.2. The predicted molar refractivity (Wildman–Crippen MR) is 113 cm³/mol. The summed E-state index contributed by atoms with van der Waals surface area (Å²) in [7, 11) is 0. The van der Waals surface area contributed by atoms with Gasteiger partial charge in [-0.25, -0.2) is 0 Å². The predicted octanol–water partition coefficient (Wildman–Crippen LogP) is 0.449. The van der Waals surface area contributed by atoms with Crippen molar-refractivity contribution >= 4 is 29.5 Å². The fourth-order valence-electron chi connectivity index (χ4n) is 5.24. The Labute approximate surface area is 186 Å². The number of hydrogen-bond donors (Lipinski definition) is 1. The first-order chi connectivity index (χ1) is 15.3. The van der Waals surface area contributed by atoms with Crippen molar-refractivity contribution in [2.75, 3.05) is 26.2 Å². The van der Waals surface area contributed by atoms with E-state index in [1.807, 2.05) is 30.3 Å². The summed E-state index contributed by atoms with van der Waals surface area (Å²) in [5.41, 5.74) is 5.04. The monoisotopic (exact) mass is 440 g/mol. The van der Waals surface area contributed by atoms with Crippen molar-refractivity contribution in [2.24, 2.45) is 17.1 Å². The van der Waals surface area contributed by atoms with Gasteiger partial charge in [0.25, 0.3) is 0 Å². The first-order valence-corrected chi connectivity index (χ1v) is 11.1. The smallest absolute Gasteiger partial charge is 0.246 e. The minimum Gasteiger partial charge on any atom is -0.369 e. The van der Waals surface area contributed by atoms with Crippen LogP contribution in [-0.4, -0.2) is 70.4 Å². The Morgan fingerprint density at radius 2 is 1.62 bits per heavy atom. The Hall–Kier alpha value is -3.07. The van der Waals surface area contributed by atoms with Gasteiger partial charge in [0.05, 0.1) is 12.8 Å². The molecule has 1 aromatic carbocycles. The molecule has 0 aromatic heterocycles. The fraction of sp³-hybridized carbons (Fsp3) is 0.522. The average Bonchev–Trinajstić information content (AvgIpc) is 3.17. The number of likely N-dealkylation sites (tertiary alicyclic amines) is 3. The van der Waals surface area contributed by atoms with Gasteiger partial charge in [0.2, 0.25) is 29.5 Å². The number of primary amides is 1. The highest BCUT2D eigenvalue weighted by molar-refractivity contribution is 6.24. The van der Waals surface area contributed by atoms with Crippen LogP contribution in [0.3, 0.4) is 0 Å². The van der Waals surface area contributed by atoms with E-state index in [9.17, 15) is 24.0 Å². The molecule has 32 heavy (non-hydrogen) atoms. The molecular formula is C23H28N4O5. The van der Waals surface area contributed by atoms with Crippen molar-refractivity contribution in [3.05, 3.63) is 35.9 Å².